The molecule has 21 heteroatoms. The molecule has 198 valence electrons. The lowest BCUT2D eigenvalue weighted by Crippen LogP contribution is -2.69. The third-order valence-corrected chi connectivity index (χ3v) is 3.73. The predicted molar refractivity (Wildman–Crippen MR) is 62.5 cm³/mol. The van der Waals surface area contributed by atoms with Gasteiger partial charge in [-0.2, -0.15) is 83.4 Å². The van der Waals surface area contributed by atoms with Crippen molar-refractivity contribution >= 4 is 5.97 Å². The van der Waals surface area contributed by atoms with Gasteiger partial charge in [-0.25, -0.2) is 0 Å². The molecule has 0 aliphatic carbocycles. The Hall–Kier alpha value is -1.86. The summed E-state index contributed by atoms with van der Waals surface area (Å²) in [4.78, 5) is 9.97. The van der Waals surface area contributed by atoms with Crippen molar-refractivity contribution < 1.29 is 93.3 Å². The summed E-state index contributed by atoms with van der Waals surface area (Å²) in [6, 6.07) is 0. The van der Waals surface area contributed by atoms with Crippen molar-refractivity contribution in [2.24, 2.45) is 0 Å². The number of halogens is 19. The van der Waals surface area contributed by atoms with Crippen molar-refractivity contribution in [2.75, 3.05) is 0 Å². The predicted octanol–water partition coefficient (Wildman–Crippen LogP) is 6.50. The molecule has 0 radical (unpaired) electrons. The van der Waals surface area contributed by atoms with Gasteiger partial charge < -0.3 is 5.11 Å². The van der Waals surface area contributed by atoms with Gasteiger partial charge >= 0.3 is 59.5 Å². The first-order chi connectivity index (χ1) is 13.9. The van der Waals surface area contributed by atoms with E-state index in [-0.39, 0.29) is 0 Å². The first-order valence-corrected chi connectivity index (χ1v) is 7.18. The second-order valence-electron chi connectivity index (χ2n) is 6.23. The van der Waals surface area contributed by atoms with Gasteiger partial charge in [0.1, 0.15) is 6.42 Å². The van der Waals surface area contributed by atoms with Crippen molar-refractivity contribution in [3.05, 3.63) is 0 Å². The molecule has 0 atom stereocenters. The third-order valence-electron chi connectivity index (χ3n) is 3.73. The minimum absolute atomic E-state index is 3.12. The van der Waals surface area contributed by atoms with Crippen LogP contribution in [0.5, 0.6) is 0 Å². The van der Waals surface area contributed by atoms with Gasteiger partial charge in [0.2, 0.25) is 0 Å². The molecule has 0 spiro atoms. The topological polar surface area (TPSA) is 37.3 Å². The average Bonchev–Trinajstić information content (AvgIpc) is 2.50. The van der Waals surface area contributed by atoms with Crippen LogP contribution in [0.25, 0.3) is 0 Å². The second kappa shape index (κ2) is 7.84. The molecule has 0 rings (SSSR count). The number of hydrogen-bond acceptors (Lipinski definition) is 1. The molecule has 0 aromatic heterocycles. The normalized spacial score (nSPS) is 16.2. The largest absolute Gasteiger partial charge is 0.481 e. The van der Waals surface area contributed by atoms with E-state index in [1.807, 2.05) is 0 Å². The maximum atomic E-state index is 13.3. The summed E-state index contributed by atoms with van der Waals surface area (Å²) in [6.45, 7) is 0. The lowest BCUT2D eigenvalue weighted by atomic mass is 9.88. The minimum atomic E-state index is -8.28. The summed E-state index contributed by atoms with van der Waals surface area (Å²) in [5.74, 6) is -65.9. The van der Waals surface area contributed by atoms with Crippen LogP contribution in [0.1, 0.15) is 12.8 Å². The molecule has 1 N–H and O–H groups in total. The number of alkyl halides is 19. The van der Waals surface area contributed by atoms with Crippen molar-refractivity contribution in [3.8, 4) is 0 Å². The van der Waals surface area contributed by atoms with E-state index in [4.69, 9.17) is 5.11 Å². The van der Waals surface area contributed by atoms with E-state index in [1.165, 1.54) is 0 Å². The Balaban J connectivity index is 6.51. The van der Waals surface area contributed by atoms with Crippen LogP contribution in [0.2, 0.25) is 0 Å². The van der Waals surface area contributed by atoms with Crippen molar-refractivity contribution in [2.45, 2.75) is 66.4 Å². The fourth-order valence-electron chi connectivity index (χ4n) is 1.87. The first-order valence-electron chi connectivity index (χ1n) is 7.18. The Morgan fingerprint density at radius 1 is 0.455 bits per heavy atom. The van der Waals surface area contributed by atoms with Gasteiger partial charge in [-0.15, -0.1) is 0 Å². The van der Waals surface area contributed by atoms with Crippen LogP contribution in [0.3, 0.4) is 0 Å². The van der Waals surface area contributed by atoms with E-state index >= 15 is 0 Å². The van der Waals surface area contributed by atoms with Crippen LogP contribution < -0.4 is 0 Å². The van der Waals surface area contributed by atoms with Crippen LogP contribution >= 0.6 is 0 Å². The highest BCUT2D eigenvalue weighted by molar-refractivity contribution is 5.68. The van der Waals surface area contributed by atoms with E-state index in [9.17, 15) is 88.2 Å². The van der Waals surface area contributed by atoms with E-state index in [0.717, 1.165) is 0 Å². The molecule has 0 aromatic carbocycles. The van der Waals surface area contributed by atoms with Crippen LogP contribution in [0.15, 0.2) is 0 Å². The third kappa shape index (κ3) is 4.59. The molecule has 0 saturated heterocycles. The Bertz CT molecular complexity index is 734. The van der Waals surface area contributed by atoms with Gasteiger partial charge in [0.25, 0.3) is 0 Å². The van der Waals surface area contributed by atoms with Gasteiger partial charge in [-0.1, -0.05) is 0 Å². The Labute approximate surface area is 167 Å². The number of carboxylic acids is 1. The standard InChI is InChI=1S/C12H5F19O2/c13-4(14,1-3(32)33)7(19,20)10(25,26)8(21,22)5(15,16)2-6(17,18)9(23,24)11(27,28)12(29,30)31/h1-2H2,(H,32,33). The molecule has 0 heterocycles. The van der Waals surface area contributed by atoms with Crippen LogP contribution in [-0.2, 0) is 4.79 Å². The molecular formula is C12H5F19O2. The quantitative estimate of drug-likeness (QED) is 0.321. The van der Waals surface area contributed by atoms with Gasteiger partial charge in [0.05, 0.1) is 6.42 Å². The van der Waals surface area contributed by atoms with Gasteiger partial charge in [0, 0.05) is 0 Å². The van der Waals surface area contributed by atoms with Crippen molar-refractivity contribution in [1.82, 2.24) is 0 Å². The first kappa shape index (κ1) is 31.1. The number of carboxylic acid groups (broad SMARTS) is 1. The van der Waals surface area contributed by atoms with Crippen molar-refractivity contribution in [3.63, 3.8) is 0 Å². The van der Waals surface area contributed by atoms with Gasteiger partial charge in [-0.3, -0.25) is 4.79 Å². The summed E-state index contributed by atoms with van der Waals surface area (Å²) in [5, 5.41) is 7.89. The summed E-state index contributed by atoms with van der Waals surface area (Å²) in [5.41, 5.74) is 0. The van der Waals surface area contributed by atoms with E-state index in [0.29, 0.717) is 0 Å². The molecule has 0 aromatic rings. The van der Waals surface area contributed by atoms with Crippen molar-refractivity contribution in [1.29, 1.82) is 0 Å². The van der Waals surface area contributed by atoms with E-state index in [2.05, 4.69) is 0 Å². The second-order valence-corrected chi connectivity index (χ2v) is 6.23. The monoisotopic (exact) mass is 542 g/mol. The number of carbonyl (C=O) groups is 1. The van der Waals surface area contributed by atoms with Crippen LogP contribution in [0.4, 0.5) is 83.4 Å². The van der Waals surface area contributed by atoms with E-state index in [1.54, 1.807) is 0 Å². The zero-order valence-electron chi connectivity index (χ0n) is 14.5. The Kier molecular flexibility index (Phi) is 7.40. The summed E-state index contributed by atoms with van der Waals surface area (Å²) >= 11 is 0. The molecule has 0 bridgehead atoms. The molecule has 0 aliphatic rings. The zero-order chi connectivity index (χ0) is 27.5. The smallest absolute Gasteiger partial charge is 0.460 e. The van der Waals surface area contributed by atoms with E-state index < -0.39 is 72.4 Å². The fourth-order valence-corrected chi connectivity index (χ4v) is 1.87. The Morgan fingerprint density at radius 2 is 0.727 bits per heavy atom. The fraction of sp³-hybridized carbons (Fsp3) is 0.917. The highest BCUT2D eigenvalue weighted by Gasteiger charge is 2.89. The molecule has 2 nitrogen and oxygen atoms in total. The number of hydrogen-bond donors (Lipinski definition) is 1. The molecule has 0 amide bonds. The highest BCUT2D eigenvalue weighted by atomic mass is 19.4. The lowest BCUT2D eigenvalue weighted by molar-refractivity contribution is -0.423. The highest BCUT2D eigenvalue weighted by Crippen LogP contribution is 2.61. The molecule has 0 saturated carbocycles. The van der Waals surface area contributed by atoms with Gasteiger partial charge in [0.15, 0.2) is 0 Å². The number of aliphatic carboxylic acids is 1. The lowest BCUT2D eigenvalue weighted by Gasteiger charge is -2.41. The van der Waals surface area contributed by atoms with Gasteiger partial charge in [-0.05, 0) is 0 Å². The maximum Gasteiger partial charge on any atom is 0.460 e. The summed E-state index contributed by atoms with van der Waals surface area (Å²) in [7, 11) is 0. The number of rotatable bonds is 10. The van der Waals surface area contributed by atoms with Crippen LogP contribution in [0, 0.1) is 0 Å². The maximum absolute atomic E-state index is 13.3. The summed E-state index contributed by atoms with van der Waals surface area (Å²) in [6.07, 6.45) is -16.2. The molecular weight excluding hydrogens is 537 g/mol. The molecule has 0 unspecified atom stereocenters. The SMILES string of the molecule is O=C(O)CC(F)(F)C(F)(F)C(F)(F)C(F)(F)C(F)(F)CC(F)(F)C(F)(F)C(F)(F)C(F)(F)F. The molecule has 0 fully saturated rings. The molecule has 33 heavy (non-hydrogen) atoms. The minimum Gasteiger partial charge on any atom is -0.481 e. The zero-order valence-corrected chi connectivity index (χ0v) is 14.5. The Morgan fingerprint density at radius 3 is 1.00 bits per heavy atom. The average molecular weight is 542 g/mol. The molecule has 0 aliphatic heterocycles. The summed E-state index contributed by atoms with van der Waals surface area (Å²) < 4.78 is 245. The van der Waals surface area contributed by atoms with Crippen LogP contribution in [-0.4, -0.2) is 64.6 Å².